The highest BCUT2D eigenvalue weighted by molar-refractivity contribution is 7.58. The molecule has 108 valence electrons. The minimum absolute atomic E-state index is 0.0944. The van der Waals surface area contributed by atoms with Gasteiger partial charge in [0.05, 0.1) is 6.61 Å². The summed E-state index contributed by atoms with van der Waals surface area (Å²) in [4.78, 5) is 0. The van der Waals surface area contributed by atoms with Gasteiger partial charge in [0.1, 0.15) is 11.6 Å². The van der Waals surface area contributed by atoms with Gasteiger partial charge in [-0.1, -0.05) is 13.8 Å². The van der Waals surface area contributed by atoms with Crippen LogP contribution in [0.15, 0.2) is 12.1 Å². The van der Waals surface area contributed by atoms with Crippen molar-refractivity contribution >= 4 is 23.2 Å². The Balaban J connectivity index is 3.25. The van der Waals surface area contributed by atoms with E-state index in [-0.39, 0.29) is 12.2 Å². The molecule has 6 heteroatoms. The van der Waals surface area contributed by atoms with Crippen LogP contribution in [0, 0.1) is 11.6 Å². The predicted molar refractivity (Wildman–Crippen MR) is 82.2 cm³/mol. The molecular formula is C13H21F2NOP2. The van der Waals surface area contributed by atoms with Gasteiger partial charge in [-0.3, -0.25) is 0 Å². The largest absolute Gasteiger partial charge is 0.384 e. The normalized spacial score (nSPS) is 13.0. The Morgan fingerprint density at radius 3 is 2.00 bits per heavy atom. The second-order valence-electron chi connectivity index (χ2n) is 4.88. The van der Waals surface area contributed by atoms with Crippen molar-refractivity contribution in [3.8, 4) is 0 Å². The first-order valence-corrected chi connectivity index (χ1v) is 8.90. The molecule has 1 aromatic carbocycles. The van der Waals surface area contributed by atoms with Crippen molar-refractivity contribution in [3.63, 3.8) is 0 Å². The summed E-state index contributed by atoms with van der Waals surface area (Å²) in [5.41, 5.74) is 0.0143. The maximum Gasteiger partial charge on any atom is 0.132 e. The number of rotatable bonds is 6. The number of ether oxygens (including phenoxy) is 1. The molecule has 0 fully saturated rings. The van der Waals surface area contributed by atoms with Crippen LogP contribution in [0.2, 0.25) is 0 Å². The van der Waals surface area contributed by atoms with Crippen LogP contribution in [0.3, 0.4) is 0 Å². The molecule has 2 nitrogen and oxygen atoms in total. The maximum absolute atomic E-state index is 14.2. The molecule has 0 N–H and O–H groups in total. The maximum atomic E-state index is 14.2. The molecule has 0 aliphatic carbocycles. The second kappa shape index (κ2) is 6.92. The molecule has 0 radical (unpaired) electrons. The van der Waals surface area contributed by atoms with Crippen molar-refractivity contribution in [2.45, 2.75) is 19.3 Å². The number of hydrogen-bond acceptors (Lipinski definition) is 2. The van der Waals surface area contributed by atoms with Crippen LogP contribution in [0.1, 0.15) is 19.4 Å². The van der Waals surface area contributed by atoms with Crippen LogP contribution in [-0.2, 0) is 10.2 Å². The number of hydrogen-bond donors (Lipinski definition) is 0. The van der Waals surface area contributed by atoms with Gasteiger partial charge in [-0.05, 0) is 42.9 Å². The molecular weight excluding hydrogens is 286 g/mol. The summed E-state index contributed by atoms with van der Waals surface area (Å²) in [5, 5.41) is 0. The third-order valence-corrected chi connectivity index (χ3v) is 5.67. The highest BCUT2D eigenvalue weighted by Gasteiger charge is 2.29. The zero-order valence-electron chi connectivity index (χ0n) is 12.0. The van der Waals surface area contributed by atoms with E-state index in [1.807, 2.05) is 17.8 Å². The van der Waals surface area contributed by atoms with Crippen molar-refractivity contribution in [1.82, 2.24) is 0 Å². The van der Waals surface area contributed by atoms with E-state index in [1.165, 1.54) is 19.2 Å². The van der Waals surface area contributed by atoms with E-state index in [0.717, 1.165) is 0 Å². The van der Waals surface area contributed by atoms with E-state index >= 15 is 0 Å². The molecule has 0 spiro atoms. The van der Waals surface area contributed by atoms with Gasteiger partial charge < -0.3 is 9.18 Å². The SMILES string of the molecule is COCC(C)(C)c1c(F)cc(N(PC)PC)cc1F. The van der Waals surface area contributed by atoms with Gasteiger partial charge in [0.2, 0.25) is 0 Å². The van der Waals surface area contributed by atoms with Crippen LogP contribution in [-0.4, -0.2) is 27.0 Å². The van der Waals surface area contributed by atoms with Crippen LogP contribution in [0.4, 0.5) is 14.5 Å². The first-order valence-electron chi connectivity index (χ1n) is 6.00. The monoisotopic (exact) mass is 307 g/mol. The molecule has 1 rings (SSSR count). The van der Waals surface area contributed by atoms with Crippen LogP contribution in [0.5, 0.6) is 0 Å². The summed E-state index contributed by atoms with van der Waals surface area (Å²) >= 11 is 0. The van der Waals surface area contributed by atoms with Gasteiger partial charge in [-0.15, -0.1) is 0 Å². The number of anilines is 1. The molecule has 0 saturated heterocycles. The molecule has 0 amide bonds. The summed E-state index contributed by atoms with van der Waals surface area (Å²) in [6, 6.07) is 2.84. The molecule has 0 aliphatic heterocycles. The lowest BCUT2D eigenvalue weighted by molar-refractivity contribution is 0.142. The first-order chi connectivity index (χ1) is 8.87. The Hall–Kier alpha value is -0.300. The van der Waals surface area contributed by atoms with E-state index in [0.29, 0.717) is 23.2 Å². The van der Waals surface area contributed by atoms with E-state index in [2.05, 4.69) is 0 Å². The molecule has 0 aromatic heterocycles. The van der Waals surface area contributed by atoms with E-state index in [1.54, 1.807) is 13.8 Å². The van der Waals surface area contributed by atoms with Crippen LogP contribution >= 0.6 is 17.5 Å². The lowest BCUT2D eigenvalue weighted by Crippen LogP contribution is -2.26. The summed E-state index contributed by atoms with van der Waals surface area (Å²) < 4.78 is 35.5. The molecule has 0 saturated carbocycles. The Bertz CT molecular complexity index is 414. The Morgan fingerprint density at radius 2 is 1.63 bits per heavy atom. The fourth-order valence-electron chi connectivity index (χ4n) is 2.14. The van der Waals surface area contributed by atoms with Crippen molar-refractivity contribution in [1.29, 1.82) is 0 Å². The lowest BCUT2D eigenvalue weighted by Gasteiger charge is -2.27. The fourth-order valence-corrected chi connectivity index (χ4v) is 3.81. The quantitative estimate of drug-likeness (QED) is 0.732. The average Bonchev–Trinajstić information content (AvgIpc) is 2.28. The van der Waals surface area contributed by atoms with Crippen LogP contribution < -0.4 is 4.44 Å². The molecule has 19 heavy (non-hydrogen) atoms. The summed E-state index contributed by atoms with van der Waals surface area (Å²) in [5.74, 6) is -1.00. The molecule has 0 aliphatic rings. The van der Waals surface area contributed by atoms with Gasteiger partial charge in [0.25, 0.3) is 0 Å². The summed E-state index contributed by atoms with van der Waals surface area (Å²) in [6.07, 6.45) is 0. The Kier molecular flexibility index (Phi) is 6.11. The average molecular weight is 307 g/mol. The zero-order chi connectivity index (χ0) is 14.6. The molecule has 2 unspecified atom stereocenters. The number of nitrogens with zero attached hydrogens (tertiary/aromatic N) is 1. The number of halogens is 2. The zero-order valence-corrected chi connectivity index (χ0v) is 14.0. The molecule has 1 aromatic rings. The first kappa shape index (κ1) is 16.8. The summed E-state index contributed by atoms with van der Waals surface area (Å²) in [7, 11) is 2.51. The summed E-state index contributed by atoms with van der Waals surface area (Å²) in [6.45, 7) is 7.82. The van der Waals surface area contributed by atoms with Gasteiger partial charge in [-0.2, -0.15) is 0 Å². The van der Waals surface area contributed by atoms with Crippen LogP contribution in [0.25, 0.3) is 0 Å². The van der Waals surface area contributed by atoms with E-state index in [9.17, 15) is 8.78 Å². The Morgan fingerprint density at radius 1 is 1.16 bits per heavy atom. The minimum Gasteiger partial charge on any atom is -0.384 e. The third kappa shape index (κ3) is 3.84. The van der Waals surface area contributed by atoms with E-state index < -0.39 is 17.0 Å². The van der Waals surface area contributed by atoms with Gasteiger partial charge in [0.15, 0.2) is 0 Å². The van der Waals surface area contributed by atoms with E-state index in [4.69, 9.17) is 4.74 Å². The molecule has 2 atom stereocenters. The topological polar surface area (TPSA) is 12.5 Å². The minimum atomic E-state index is -0.685. The van der Waals surface area contributed by atoms with Gasteiger partial charge in [0, 0.05) is 23.8 Å². The van der Waals surface area contributed by atoms with Crippen molar-refractivity contribution in [3.05, 3.63) is 29.3 Å². The predicted octanol–water partition coefficient (Wildman–Crippen LogP) is 4.14. The number of methoxy groups -OCH3 is 1. The van der Waals surface area contributed by atoms with Gasteiger partial charge in [-0.25, -0.2) is 8.78 Å². The van der Waals surface area contributed by atoms with Crippen molar-refractivity contribution in [2.24, 2.45) is 0 Å². The lowest BCUT2D eigenvalue weighted by atomic mass is 9.84. The smallest absolute Gasteiger partial charge is 0.132 e. The highest BCUT2D eigenvalue weighted by atomic mass is 31.1. The highest BCUT2D eigenvalue weighted by Crippen LogP contribution is 2.38. The van der Waals surface area contributed by atoms with Gasteiger partial charge >= 0.3 is 0 Å². The second-order valence-corrected chi connectivity index (χ2v) is 7.12. The fraction of sp³-hybridized carbons (Fsp3) is 0.538. The molecule has 0 heterocycles. The van der Waals surface area contributed by atoms with Crippen molar-refractivity contribution < 1.29 is 13.5 Å². The standard InChI is InChI=1S/C13H21F2NOP2/c1-13(2,8-17-3)12-10(14)6-9(7-11(12)15)16(18-4)19-5/h6-7,18-19H,8H2,1-5H3. The molecule has 0 bridgehead atoms. The third-order valence-electron chi connectivity index (χ3n) is 2.91. The Labute approximate surface area is 117 Å². The number of benzene rings is 1. The van der Waals surface area contributed by atoms with Crippen molar-refractivity contribution in [2.75, 3.05) is 31.5 Å².